The lowest BCUT2D eigenvalue weighted by Gasteiger charge is -2.30. The van der Waals surface area contributed by atoms with Gasteiger partial charge in [-0.25, -0.2) is 18.2 Å². The summed E-state index contributed by atoms with van der Waals surface area (Å²) in [6.07, 6.45) is -0.564. The highest BCUT2D eigenvalue weighted by atomic mass is 35.5. The molecule has 0 spiro atoms. The molecule has 0 amide bonds. The van der Waals surface area contributed by atoms with Gasteiger partial charge in [-0.05, 0) is 55.7 Å². The predicted molar refractivity (Wildman–Crippen MR) is 132 cm³/mol. The number of nitrogens with zero attached hydrogens (tertiary/aromatic N) is 4. The molecule has 1 fully saturated rings. The van der Waals surface area contributed by atoms with Gasteiger partial charge in [-0.3, -0.25) is 9.59 Å². The highest BCUT2D eigenvalue weighted by molar-refractivity contribution is 6.30. The van der Waals surface area contributed by atoms with Crippen molar-refractivity contribution in [1.82, 2.24) is 19.2 Å². The normalized spacial score (nSPS) is 18.0. The number of benzene rings is 1. The van der Waals surface area contributed by atoms with Crippen LogP contribution >= 0.6 is 11.6 Å². The Morgan fingerprint density at radius 2 is 1.92 bits per heavy atom. The fraction of sp³-hybridized carbons (Fsp3) is 0.308. The first-order chi connectivity index (χ1) is 17.6. The highest BCUT2D eigenvalue weighted by Gasteiger charge is 2.29. The van der Waals surface area contributed by atoms with Gasteiger partial charge in [-0.1, -0.05) is 11.6 Å². The zero-order valence-electron chi connectivity index (χ0n) is 19.9. The largest absolute Gasteiger partial charge is 0.373 e. The van der Waals surface area contributed by atoms with Crippen LogP contribution in [-0.2, 0) is 11.8 Å². The van der Waals surface area contributed by atoms with E-state index in [4.69, 9.17) is 16.3 Å². The molecule has 0 saturated carbocycles. The first-order valence-corrected chi connectivity index (χ1v) is 12.0. The van der Waals surface area contributed by atoms with Gasteiger partial charge in [0.25, 0.3) is 12.0 Å². The molecule has 37 heavy (non-hydrogen) atoms. The molecule has 0 N–H and O–H groups in total. The molecule has 0 radical (unpaired) electrons. The van der Waals surface area contributed by atoms with E-state index in [0.29, 0.717) is 25.1 Å². The minimum absolute atomic E-state index is 0.0585. The second-order valence-corrected chi connectivity index (χ2v) is 9.50. The van der Waals surface area contributed by atoms with Crippen LogP contribution in [-0.4, -0.2) is 25.8 Å². The van der Waals surface area contributed by atoms with Crippen molar-refractivity contribution in [3.8, 4) is 11.1 Å². The second kappa shape index (κ2) is 9.75. The van der Waals surface area contributed by atoms with Crippen LogP contribution in [0.4, 0.5) is 13.2 Å². The molecule has 4 aromatic rings. The summed E-state index contributed by atoms with van der Waals surface area (Å²) in [6, 6.07) is 8.77. The molecule has 1 aliphatic heterocycles. The maximum Gasteiger partial charge on any atom is 0.280 e. The molecule has 192 valence electrons. The van der Waals surface area contributed by atoms with Gasteiger partial charge >= 0.3 is 0 Å². The molecule has 4 heterocycles. The Morgan fingerprint density at radius 3 is 2.62 bits per heavy atom. The van der Waals surface area contributed by atoms with E-state index in [-0.39, 0.29) is 44.9 Å². The quantitative estimate of drug-likeness (QED) is 0.365. The van der Waals surface area contributed by atoms with E-state index in [1.807, 2.05) is 0 Å². The van der Waals surface area contributed by atoms with Gasteiger partial charge in [0.1, 0.15) is 11.5 Å². The van der Waals surface area contributed by atoms with Crippen LogP contribution in [0, 0.1) is 12.7 Å². The van der Waals surface area contributed by atoms with E-state index in [1.165, 1.54) is 29.7 Å². The molecule has 0 aliphatic carbocycles. The molecule has 1 aromatic carbocycles. The average molecular weight is 531 g/mol. The zero-order valence-corrected chi connectivity index (χ0v) is 20.7. The molecule has 1 aliphatic rings. The Hall–Kier alpha value is -3.50. The maximum absolute atomic E-state index is 15.0. The number of aromatic nitrogens is 4. The smallest absolute Gasteiger partial charge is 0.280 e. The van der Waals surface area contributed by atoms with Crippen LogP contribution in [0.25, 0.3) is 16.8 Å². The summed E-state index contributed by atoms with van der Waals surface area (Å²) in [4.78, 5) is 29.0. The lowest BCUT2D eigenvalue weighted by atomic mass is 9.89. The van der Waals surface area contributed by atoms with Crippen molar-refractivity contribution in [2.45, 2.75) is 38.2 Å². The van der Waals surface area contributed by atoms with Crippen molar-refractivity contribution < 1.29 is 17.9 Å². The molecular weight excluding hydrogens is 509 g/mol. The highest BCUT2D eigenvalue weighted by Crippen LogP contribution is 2.38. The van der Waals surface area contributed by atoms with Crippen LogP contribution in [0.1, 0.15) is 53.8 Å². The summed E-state index contributed by atoms with van der Waals surface area (Å²) in [6.45, 7) is 1.66. The topological polar surface area (TPSA) is 78.5 Å². The van der Waals surface area contributed by atoms with E-state index in [9.17, 15) is 18.4 Å². The predicted octanol–water partition coefficient (Wildman–Crippen LogP) is 5.13. The standard InChI is InChI=1S/C26H22ClF3N4O3/c1-13-23(24(29)30)31-25-18(17-5-4-16(27)10-19(17)28)11-20(32-34(25)26(13)36)14-7-8-37-21(9-14)15-3-6-22(35)33(2)12-15/h3-6,10-12,14,21,24H,7-9H2,1-2H3. The minimum atomic E-state index is -2.99. The third-order valence-corrected chi connectivity index (χ3v) is 6.92. The first-order valence-electron chi connectivity index (χ1n) is 11.6. The van der Waals surface area contributed by atoms with Gasteiger partial charge in [-0.2, -0.15) is 9.61 Å². The molecule has 2 atom stereocenters. The number of hydrogen-bond acceptors (Lipinski definition) is 5. The first kappa shape index (κ1) is 25.2. The van der Waals surface area contributed by atoms with Crippen molar-refractivity contribution in [2.75, 3.05) is 6.61 Å². The van der Waals surface area contributed by atoms with Crippen molar-refractivity contribution in [3.05, 3.63) is 96.7 Å². The Kier molecular flexibility index (Phi) is 6.63. The number of rotatable bonds is 4. The number of ether oxygens (including phenoxy) is 1. The number of hydrogen-bond donors (Lipinski definition) is 0. The fourth-order valence-electron chi connectivity index (χ4n) is 4.66. The molecule has 3 aromatic heterocycles. The van der Waals surface area contributed by atoms with Gasteiger partial charge in [-0.15, -0.1) is 0 Å². The van der Waals surface area contributed by atoms with Gasteiger partial charge in [0, 0.05) is 53.5 Å². The molecule has 11 heteroatoms. The summed E-state index contributed by atoms with van der Waals surface area (Å²) in [7, 11) is 1.65. The van der Waals surface area contributed by atoms with E-state index >= 15 is 4.39 Å². The van der Waals surface area contributed by atoms with Crippen molar-refractivity contribution in [2.24, 2.45) is 7.05 Å². The Balaban J connectivity index is 1.68. The summed E-state index contributed by atoms with van der Waals surface area (Å²) < 4.78 is 50.7. The minimum Gasteiger partial charge on any atom is -0.373 e. The van der Waals surface area contributed by atoms with Gasteiger partial charge in [0.15, 0.2) is 5.65 Å². The summed E-state index contributed by atoms with van der Waals surface area (Å²) in [5, 5.41) is 4.66. The van der Waals surface area contributed by atoms with Crippen LogP contribution < -0.4 is 11.1 Å². The average Bonchev–Trinajstić information content (AvgIpc) is 2.87. The van der Waals surface area contributed by atoms with Crippen LogP contribution in [0.5, 0.6) is 0 Å². The maximum atomic E-state index is 15.0. The fourth-order valence-corrected chi connectivity index (χ4v) is 4.81. The third kappa shape index (κ3) is 4.67. The van der Waals surface area contributed by atoms with Crippen LogP contribution in [0.15, 0.2) is 52.2 Å². The Morgan fingerprint density at radius 1 is 1.14 bits per heavy atom. The van der Waals surface area contributed by atoms with E-state index in [1.54, 1.807) is 25.4 Å². The Labute approximate surface area is 214 Å². The van der Waals surface area contributed by atoms with Crippen molar-refractivity contribution in [3.63, 3.8) is 0 Å². The van der Waals surface area contributed by atoms with Gasteiger partial charge in [0.05, 0.1) is 11.8 Å². The monoisotopic (exact) mass is 530 g/mol. The number of aryl methyl sites for hydroxylation is 1. The van der Waals surface area contributed by atoms with E-state index in [2.05, 4.69) is 10.1 Å². The molecule has 5 rings (SSSR count). The number of pyridine rings is 1. The van der Waals surface area contributed by atoms with E-state index < -0.39 is 23.5 Å². The molecule has 7 nitrogen and oxygen atoms in total. The second-order valence-electron chi connectivity index (χ2n) is 9.06. The van der Waals surface area contributed by atoms with Gasteiger partial charge < -0.3 is 9.30 Å². The number of halogens is 4. The molecule has 0 bridgehead atoms. The zero-order chi connectivity index (χ0) is 26.4. The van der Waals surface area contributed by atoms with Crippen LogP contribution in [0.3, 0.4) is 0 Å². The lowest BCUT2D eigenvalue weighted by Crippen LogP contribution is -2.26. The Bertz CT molecular complexity index is 1640. The van der Waals surface area contributed by atoms with Gasteiger partial charge in [0.2, 0.25) is 5.56 Å². The lowest BCUT2D eigenvalue weighted by molar-refractivity contribution is 0.00411. The summed E-state index contributed by atoms with van der Waals surface area (Å²) >= 11 is 5.93. The van der Waals surface area contributed by atoms with E-state index in [0.717, 1.165) is 16.1 Å². The molecular formula is C26H22ClF3N4O3. The molecule has 2 unspecified atom stereocenters. The van der Waals surface area contributed by atoms with Crippen LogP contribution in [0.2, 0.25) is 5.02 Å². The third-order valence-electron chi connectivity index (χ3n) is 6.68. The SMILES string of the molecule is Cc1c(C(F)F)nc2c(-c3ccc(Cl)cc3F)cc(C3CCOC(c4ccc(=O)n(C)c4)C3)nn2c1=O. The van der Waals surface area contributed by atoms with Crippen molar-refractivity contribution >= 4 is 17.2 Å². The summed E-state index contributed by atoms with van der Waals surface area (Å²) in [5.41, 5.74) is -0.461. The number of alkyl halides is 2. The van der Waals surface area contributed by atoms with Crippen molar-refractivity contribution in [1.29, 1.82) is 0 Å². The summed E-state index contributed by atoms with van der Waals surface area (Å²) in [5.74, 6) is -0.883. The molecule has 1 saturated heterocycles. The number of fused-ring (bicyclic) bond motifs is 1.